The first-order valence-electron chi connectivity index (χ1n) is 6.31. The van der Waals surface area contributed by atoms with Crippen molar-refractivity contribution in [2.24, 2.45) is 11.8 Å². The van der Waals surface area contributed by atoms with Crippen LogP contribution >= 0.6 is 11.6 Å². The van der Waals surface area contributed by atoms with Gasteiger partial charge in [-0.1, -0.05) is 11.6 Å². The van der Waals surface area contributed by atoms with Crippen molar-refractivity contribution in [2.45, 2.75) is 19.0 Å². The number of carbonyl (C=O) groups excluding carboxylic acids is 1. The molecule has 1 aromatic heterocycles. The smallest absolute Gasteiger partial charge is 0.339 e. The van der Waals surface area contributed by atoms with Crippen molar-refractivity contribution in [3.63, 3.8) is 0 Å². The summed E-state index contributed by atoms with van der Waals surface area (Å²) < 4.78 is 37.8. The Balaban J connectivity index is 2.07. The van der Waals surface area contributed by atoms with Crippen LogP contribution in [0.3, 0.4) is 0 Å². The number of pyridine rings is 1. The highest BCUT2D eigenvalue weighted by molar-refractivity contribution is 6.29. The zero-order valence-corrected chi connectivity index (χ0v) is 11.7. The average molecular weight is 323 g/mol. The van der Waals surface area contributed by atoms with Crippen LogP contribution in [0, 0.1) is 5.92 Å². The lowest BCUT2D eigenvalue weighted by atomic mass is 9.96. The molecule has 0 aromatic carbocycles. The second-order valence-electron chi connectivity index (χ2n) is 4.82. The predicted octanol–water partition coefficient (Wildman–Crippen LogP) is 2.44. The lowest BCUT2D eigenvalue weighted by molar-refractivity contribution is -0.183. The lowest BCUT2D eigenvalue weighted by Crippen LogP contribution is -2.42. The van der Waals surface area contributed by atoms with Gasteiger partial charge in [-0.05, 0) is 25.0 Å². The van der Waals surface area contributed by atoms with Gasteiger partial charge in [0, 0.05) is 18.7 Å². The number of amides is 1. The molecule has 116 valence electrons. The summed E-state index contributed by atoms with van der Waals surface area (Å²) >= 11 is 5.77. The number of hydrogen-bond acceptors (Lipinski definition) is 4. The van der Waals surface area contributed by atoms with Gasteiger partial charge in [0.05, 0.1) is 5.92 Å². The highest BCUT2D eigenvalue weighted by atomic mass is 35.5. The van der Waals surface area contributed by atoms with E-state index in [0.717, 1.165) is 0 Å². The van der Waals surface area contributed by atoms with Crippen molar-refractivity contribution in [3.8, 4) is 0 Å². The maximum atomic E-state index is 12.6. The second-order valence-corrected chi connectivity index (χ2v) is 5.20. The van der Waals surface area contributed by atoms with E-state index in [1.807, 2.05) is 0 Å². The number of aromatic nitrogens is 1. The molecule has 5 nitrogen and oxygen atoms in total. The summed E-state index contributed by atoms with van der Waals surface area (Å²) in [5, 5.41) is 0.0824. The molecule has 0 saturated carbocycles. The minimum atomic E-state index is -4.20. The zero-order chi connectivity index (χ0) is 15.6. The number of likely N-dealkylation sites (tertiary alicyclic amines) is 1. The van der Waals surface area contributed by atoms with Gasteiger partial charge in [-0.3, -0.25) is 4.79 Å². The SMILES string of the molecule is NNc1cc(C(=O)N2CCC(C(F)(F)F)CC2)cc(Cl)n1. The van der Waals surface area contributed by atoms with Crippen molar-refractivity contribution >= 4 is 23.3 Å². The van der Waals surface area contributed by atoms with Crippen LogP contribution in [-0.2, 0) is 0 Å². The number of piperidine rings is 1. The number of anilines is 1. The quantitative estimate of drug-likeness (QED) is 0.498. The summed E-state index contributed by atoms with van der Waals surface area (Å²) in [7, 11) is 0. The van der Waals surface area contributed by atoms with Crippen molar-refractivity contribution in [3.05, 3.63) is 22.8 Å². The molecule has 1 amide bonds. The van der Waals surface area contributed by atoms with Crippen LogP contribution in [0.1, 0.15) is 23.2 Å². The summed E-state index contributed by atoms with van der Waals surface area (Å²) in [4.78, 5) is 17.5. The van der Waals surface area contributed by atoms with Gasteiger partial charge in [-0.2, -0.15) is 13.2 Å². The van der Waals surface area contributed by atoms with Gasteiger partial charge >= 0.3 is 6.18 Å². The Hall–Kier alpha value is -1.54. The summed E-state index contributed by atoms with van der Waals surface area (Å²) in [6.07, 6.45) is -4.38. The van der Waals surface area contributed by atoms with E-state index in [0.29, 0.717) is 0 Å². The number of hydrazine groups is 1. The molecule has 1 aliphatic rings. The van der Waals surface area contributed by atoms with Gasteiger partial charge in [-0.15, -0.1) is 0 Å². The number of hydrogen-bond donors (Lipinski definition) is 2. The van der Waals surface area contributed by atoms with Gasteiger partial charge in [0.1, 0.15) is 11.0 Å². The zero-order valence-electron chi connectivity index (χ0n) is 11.0. The first-order valence-corrected chi connectivity index (χ1v) is 6.69. The number of nitrogens with one attached hydrogen (secondary N) is 1. The number of nitrogen functional groups attached to an aromatic ring is 1. The van der Waals surface area contributed by atoms with Crippen LogP contribution in [0.5, 0.6) is 0 Å². The summed E-state index contributed by atoms with van der Waals surface area (Å²) in [6.45, 7) is 0.128. The molecular weight excluding hydrogens is 309 g/mol. The number of halogens is 4. The van der Waals surface area contributed by atoms with Crippen LogP contribution in [0.25, 0.3) is 0 Å². The Morgan fingerprint density at radius 1 is 1.38 bits per heavy atom. The molecule has 0 radical (unpaired) electrons. The molecule has 0 aliphatic carbocycles. The van der Waals surface area contributed by atoms with Crippen molar-refractivity contribution in [2.75, 3.05) is 18.5 Å². The van der Waals surface area contributed by atoms with Gasteiger partial charge in [0.2, 0.25) is 0 Å². The van der Waals surface area contributed by atoms with E-state index >= 15 is 0 Å². The second kappa shape index (κ2) is 6.07. The molecule has 0 unspecified atom stereocenters. The van der Waals surface area contributed by atoms with Gasteiger partial charge in [0.25, 0.3) is 5.91 Å². The molecule has 2 heterocycles. The summed E-state index contributed by atoms with van der Waals surface area (Å²) in [5.41, 5.74) is 2.52. The van der Waals surface area contributed by atoms with E-state index in [4.69, 9.17) is 17.4 Å². The fourth-order valence-electron chi connectivity index (χ4n) is 2.29. The molecule has 1 fully saturated rings. The van der Waals surface area contributed by atoms with Crippen LogP contribution in [0.2, 0.25) is 5.15 Å². The maximum absolute atomic E-state index is 12.6. The van der Waals surface area contributed by atoms with E-state index in [9.17, 15) is 18.0 Å². The Labute approximate surface area is 124 Å². The first-order chi connectivity index (χ1) is 9.81. The molecule has 2 rings (SSSR count). The van der Waals surface area contributed by atoms with E-state index < -0.39 is 12.1 Å². The average Bonchev–Trinajstić information content (AvgIpc) is 2.45. The Morgan fingerprint density at radius 3 is 2.52 bits per heavy atom. The largest absolute Gasteiger partial charge is 0.391 e. The molecule has 21 heavy (non-hydrogen) atoms. The number of rotatable bonds is 2. The van der Waals surface area contributed by atoms with Crippen molar-refractivity contribution in [1.29, 1.82) is 0 Å². The highest BCUT2D eigenvalue weighted by Gasteiger charge is 2.41. The maximum Gasteiger partial charge on any atom is 0.391 e. The number of carbonyl (C=O) groups is 1. The van der Waals surface area contributed by atoms with E-state index in [2.05, 4.69) is 10.4 Å². The molecule has 9 heteroatoms. The minimum absolute atomic E-state index is 0.0638. The Bertz CT molecular complexity index is 530. The van der Waals surface area contributed by atoms with Crippen LogP contribution < -0.4 is 11.3 Å². The van der Waals surface area contributed by atoms with Crippen LogP contribution in [0.15, 0.2) is 12.1 Å². The number of nitrogens with two attached hydrogens (primary N) is 1. The summed E-state index contributed by atoms with van der Waals surface area (Å²) in [6, 6.07) is 2.77. The van der Waals surface area contributed by atoms with E-state index in [1.165, 1.54) is 17.0 Å². The van der Waals surface area contributed by atoms with Crippen LogP contribution in [-0.4, -0.2) is 35.1 Å². The lowest BCUT2D eigenvalue weighted by Gasteiger charge is -2.33. The summed E-state index contributed by atoms with van der Waals surface area (Å²) in [5.74, 6) is 3.71. The monoisotopic (exact) mass is 322 g/mol. The van der Waals surface area contributed by atoms with Gasteiger partial charge in [-0.25, -0.2) is 10.8 Å². The standard InChI is InChI=1S/C12H14ClF3N4O/c13-9-5-7(6-10(18-9)19-17)11(21)20-3-1-8(2-4-20)12(14,15)16/h5-6,8H,1-4,17H2,(H,18,19). The fourth-order valence-corrected chi connectivity index (χ4v) is 2.50. The van der Waals surface area contributed by atoms with Gasteiger partial charge < -0.3 is 10.3 Å². The highest BCUT2D eigenvalue weighted by Crippen LogP contribution is 2.34. The molecule has 3 N–H and O–H groups in total. The molecule has 1 aromatic rings. The number of alkyl halides is 3. The van der Waals surface area contributed by atoms with Crippen molar-refractivity contribution < 1.29 is 18.0 Å². The molecule has 1 aliphatic heterocycles. The normalized spacial score (nSPS) is 16.9. The van der Waals surface area contributed by atoms with E-state index in [1.54, 1.807) is 0 Å². The third kappa shape index (κ3) is 3.76. The van der Waals surface area contributed by atoms with Crippen LogP contribution in [0.4, 0.5) is 19.0 Å². The first kappa shape index (κ1) is 15.8. The predicted molar refractivity (Wildman–Crippen MR) is 71.7 cm³/mol. The fraction of sp³-hybridized carbons (Fsp3) is 0.500. The minimum Gasteiger partial charge on any atom is -0.339 e. The van der Waals surface area contributed by atoms with E-state index in [-0.39, 0.29) is 48.4 Å². The molecule has 0 bridgehead atoms. The third-order valence-corrected chi connectivity index (χ3v) is 3.63. The van der Waals surface area contributed by atoms with Crippen molar-refractivity contribution in [1.82, 2.24) is 9.88 Å². The number of nitrogens with zero attached hydrogens (tertiary/aromatic N) is 2. The third-order valence-electron chi connectivity index (χ3n) is 3.43. The topological polar surface area (TPSA) is 71.2 Å². The molecule has 0 atom stereocenters. The Morgan fingerprint density at radius 2 is 2.00 bits per heavy atom. The molecule has 0 spiro atoms. The molecular formula is C12H14ClF3N4O. The van der Waals surface area contributed by atoms with Gasteiger partial charge in [0.15, 0.2) is 0 Å². The molecule has 1 saturated heterocycles. The Kier molecular flexibility index (Phi) is 4.58.